The Labute approximate surface area is 120 Å². The van der Waals surface area contributed by atoms with E-state index >= 15 is 0 Å². The Kier molecular flexibility index (Phi) is 4.03. The van der Waals surface area contributed by atoms with Crippen LogP contribution in [0.2, 0.25) is 0 Å². The average molecular weight is 273 g/mol. The molecular formula is C16H23N3O. The molecule has 1 aliphatic rings. The molecule has 0 unspecified atom stereocenters. The number of nitrogens with zero attached hydrogens (tertiary/aromatic N) is 2. The number of rotatable bonds is 5. The van der Waals surface area contributed by atoms with Gasteiger partial charge in [0.05, 0.1) is 17.6 Å². The topological polar surface area (TPSA) is 41.2 Å². The number of para-hydroxylation sites is 1. The van der Waals surface area contributed by atoms with E-state index < -0.39 is 0 Å². The lowest BCUT2D eigenvalue weighted by Crippen LogP contribution is -2.28. The minimum absolute atomic E-state index is 0.706. The number of nitrogens with one attached hydrogen (secondary N) is 1. The van der Waals surface area contributed by atoms with Gasteiger partial charge in [-0.15, -0.1) is 0 Å². The second kappa shape index (κ2) is 5.94. The van der Waals surface area contributed by atoms with E-state index in [1.165, 1.54) is 12.0 Å². The molecule has 4 heteroatoms. The van der Waals surface area contributed by atoms with Crippen molar-refractivity contribution >= 4 is 11.0 Å². The highest BCUT2D eigenvalue weighted by Crippen LogP contribution is 2.16. The van der Waals surface area contributed by atoms with Gasteiger partial charge in [-0.1, -0.05) is 12.1 Å². The molecule has 0 radical (unpaired) electrons. The summed E-state index contributed by atoms with van der Waals surface area (Å²) in [5, 5.41) is 0. The smallest absolute Gasteiger partial charge is 0.108 e. The van der Waals surface area contributed by atoms with Gasteiger partial charge in [-0.2, -0.15) is 0 Å². The van der Waals surface area contributed by atoms with Gasteiger partial charge < -0.3 is 14.6 Å². The van der Waals surface area contributed by atoms with Crippen LogP contribution >= 0.6 is 0 Å². The molecule has 1 fully saturated rings. The van der Waals surface area contributed by atoms with Crippen LogP contribution in [0.25, 0.3) is 11.0 Å². The van der Waals surface area contributed by atoms with Crippen LogP contribution in [0.1, 0.15) is 17.8 Å². The van der Waals surface area contributed by atoms with Crippen molar-refractivity contribution in [3.8, 4) is 0 Å². The third kappa shape index (κ3) is 3.02. The van der Waals surface area contributed by atoms with Crippen LogP contribution in [0.4, 0.5) is 0 Å². The third-order valence-corrected chi connectivity index (χ3v) is 4.09. The Morgan fingerprint density at radius 1 is 1.45 bits per heavy atom. The number of likely N-dealkylation sites (N-methyl/N-ethyl adjacent to an activating group) is 1. The number of aromatic nitrogens is 2. The van der Waals surface area contributed by atoms with Crippen molar-refractivity contribution in [1.29, 1.82) is 0 Å². The standard InChI is InChI=1S/C16H23N3O/c1-12-4-3-5-14-16(12)18-15(17-14)6-8-19(2)10-13-7-9-20-11-13/h3-5,13H,6-11H2,1-2H3,(H,17,18)/t13-/m1/s1. The van der Waals surface area contributed by atoms with Crippen molar-refractivity contribution in [2.75, 3.05) is 33.4 Å². The predicted octanol–water partition coefficient (Wildman–Crippen LogP) is 2.38. The van der Waals surface area contributed by atoms with Gasteiger partial charge in [-0.05, 0) is 37.9 Å². The second-order valence-corrected chi connectivity index (χ2v) is 5.90. The molecule has 1 N–H and O–H groups in total. The summed E-state index contributed by atoms with van der Waals surface area (Å²) in [5.74, 6) is 1.79. The molecule has 4 nitrogen and oxygen atoms in total. The summed E-state index contributed by atoms with van der Waals surface area (Å²) in [6.07, 6.45) is 2.17. The summed E-state index contributed by atoms with van der Waals surface area (Å²) in [6, 6.07) is 6.28. The van der Waals surface area contributed by atoms with Crippen LogP contribution in [0.3, 0.4) is 0 Å². The van der Waals surface area contributed by atoms with Crippen molar-refractivity contribution in [1.82, 2.24) is 14.9 Å². The molecule has 0 bridgehead atoms. The van der Waals surface area contributed by atoms with Gasteiger partial charge in [0.25, 0.3) is 0 Å². The lowest BCUT2D eigenvalue weighted by Gasteiger charge is -2.19. The van der Waals surface area contributed by atoms with Gasteiger partial charge in [0.15, 0.2) is 0 Å². The summed E-state index contributed by atoms with van der Waals surface area (Å²) in [4.78, 5) is 10.5. The Bertz CT molecular complexity index is 572. The molecule has 108 valence electrons. The zero-order valence-electron chi connectivity index (χ0n) is 12.4. The van der Waals surface area contributed by atoms with Crippen molar-refractivity contribution in [2.24, 2.45) is 5.92 Å². The molecule has 1 saturated heterocycles. The fourth-order valence-electron chi connectivity index (χ4n) is 2.90. The van der Waals surface area contributed by atoms with Gasteiger partial charge in [0, 0.05) is 26.1 Å². The monoisotopic (exact) mass is 273 g/mol. The van der Waals surface area contributed by atoms with Gasteiger partial charge in [-0.3, -0.25) is 0 Å². The summed E-state index contributed by atoms with van der Waals surface area (Å²) < 4.78 is 5.43. The summed E-state index contributed by atoms with van der Waals surface area (Å²) in [7, 11) is 2.19. The molecule has 0 aliphatic carbocycles. The number of hydrogen-bond acceptors (Lipinski definition) is 3. The number of imidazole rings is 1. The molecule has 1 atom stereocenters. The lowest BCUT2D eigenvalue weighted by molar-refractivity contribution is 0.174. The molecule has 3 rings (SSSR count). The van der Waals surface area contributed by atoms with Gasteiger partial charge in [0.2, 0.25) is 0 Å². The van der Waals surface area contributed by atoms with Gasteiger partial charge in [-0.25, -0.2) is 4.98 Å². The van der Waals surface area contributed by atoms with Gasteiger partial charge >= 0.3 is 0 Å². The summed E-state index contributed by atoms with van der Waals surface area (Å²) in [5.41, 5.74) is 3.49. The number of aromatic amines is 1. The minimum Gasteiger partial charge on any atom is -0.381 e. The van der Waals surface area contributed by atoms with Crippen molar-refractivity contribution in [3.63, 3.8) is 0 Å². The van der Waals surface area contributed by atoms with E-state index in [0.29, 0.717) is 5.92 Å². The molecule has 2 heterocycles. The van der Waals surface area contributed by atoms with Crippen LogP contribution in [0, 0.1) is 12.8 Å². The molecule has 0 spiro atoms. The van der Waals surface area contributed by atoms with E-state index in [9.17, 15) is 0 Å². The zero-order valence-corrected chi connectivity index (χ0v) is 12.4. The summed E-state index contributed by atoms with van der Waals surface area (Å²) >= 11 is 0. The van der Waals surface area contributed by atoms with Gasteiger partial charge in [0.1, 0.15) is 5.82 Å². The fraction of sp³-hybridized carbons (Fsp3) is 0.562. The van der Waals surface area contributed by atoms with Crippen molar-refractivity contribution in [2.45, 2.75) is 19.8 Å². The average Bonchev–Trinajstić information content (AvgIpc) is 3.06. The molecule has 1 aromatic carbocycles. The summed E-state index contributed by atoms with van der Waals surface area (Å²) in [6.45, 7) is 6.13. The highest BCUT2D eigenvalue weighted by atomic mass is 16.5. The van der Waals surface area contributed by atoms with Crippen molar-refractivity contribution in [3.05, 3.63) is 29.6 Å². The second-order valence-electron chi connectivity index (χ2n) is 5.90. The highest BCUT2D eigenvalue weighted by molar-refractivity contribution is 5.78. The Morgan fingerprint density at radius 3 is 3.10 bits per heavy atom. The number of aryl methyl sites for hydroxylation is 1. The third-order valence-electron chi connectivity index (χ3n) is 4.09. The molecule has 2 aromatic rings. The van der Waals surface area contributed by atoms with Crippen LogP contribution in [0.15, 0.2) is 18.2 Å². The van der Waals surface area contributed by atoms with E-state index in [1.54, 1.807) is 0 Å². The fourth-order valence-corrected chi connectivity index (χ4v) is 2.90. The molecule has 20 heavy (non-hydrogen) atoms. The Hall–Kier alpha value is -1.39. The molecular weight excluding hydrogens is 250 g/mol. The number of H-pyrrole nitrogens is 1. The first kappa shape index (κ1) is 13.6. The minimum atomic E-state index is 0.706. The molecule has 1 aliphatic heterocycles. The normalized spacial score (nSPS) is 19.2. The Morgan fingerprint density at radius 2 is 2.35 bits per heavy atom. The van der Waals surface area contributed by atoms with Crippen molar-refractivity contribution < 1.29 is 4.74 Å². The predicted molar refractivity (Wildman–Crippen MR) is 81.0 cm³/mol. The maximum Gasteiger partial charge on any atom is 0.108 e. The molecule has 0 saturated carbocycles. The molecule has 1 aromatic heterocycles. The van der Waals surface area contributed by atoms with Crippen LogP contribution < -0.4 is 0 Å². The maximum atomic E-state index is 5.43. The number of hydrogen-bond donors (Lipinski definition) is 1. The maximum absolute atomic E-state index is 5.43. The number of ether oxygens (including phenoxy) is 1. The van der Waals surface area contributed by atoms with E-state index in [-0.39, 0.29) is 0 Å². The van der Waals surface area contributed by atoms with Crippen LogP contribution in [-0.2, 0) is 11.2 Å². The Balaban J connectivity index is 1.57. The largest absolute Gasteiger partial charge is 0.381 e. The van der Waals surface area contributed by atoms with E-state index in [0.717, 1.165) is 49.6 Å². The van der Waals surface area contributed by atoms with E-state index in [4.69, 9.17) is 9.72 Å². The zero-order chi connectivity index (χ0) is 13.9. The quantitative estimate of drug-likeness (QED) is 0.909. The lowest BCUT2D eigenvalue weighted by atomic mass is 10.1. The molecule has 0 amide bonds. The van der Waals surface area contributed by atoms with E-state index in [1.807, 2.05) is 0 Å². The first-order chi connectivity index (χ1) is 9.72. The van der Waals surface area contributed by atoms with Crippen LogP contribution in [-0.4, -0.2) is 48.2 Å². The number of fused-ring (bicyclic) bond motifs is 1. The van der Waals surface area contributed by atoms with E-state index in [2.05, 4.69) is 42.1 Å². The highest BCUT2D eigenvalue weighted by Gasteiger charge is 2.17. The van der Waals surface area contributed by atoms with Crippen LogP contribution in [0.5, 0.6) is 0 Å². The SMILES string of the molecule is Cc1cccc2[nH]c(CCN(C)C[C@H]3CCOC3)nc12. The first-order valence-electron chi connectivity index (χ1n) is 7.43. The first-order valence-corrected chi connectivity index (χ1v) is 7.43. The number of benzene rings is 1.